The topological polar surface area (TPSA) is 71.1 Å². The van der Waals surface area contributed by atoms with Gasteiger partial charge in [-0.15, -0.1) is 0 Å². The van der Waals surface area contributed by atoms with Gasteiger partial charge in [0, 0.05) is 53.0 Å². The monoisotopic (exact) mass is 405 g/mol. The number of carbonyl (C=O) groups excluding carboxylic acids is 2. The third-order valence-electron chi connectivity index (χ3n) is 5.60. The Labute approximate surface area is 175 Å². The summed E-state index contributed by atoms with van der Waals surface area (Å²) in [6.45, 7) is 6.00. The molecule has 0 spiro atoms. The Hall–Kier alpha value is -3.28. The van der Waals surface area contributed by atoms with Crippen molar-refractivity contribution in [3.8, 4) is 0 Å². The molecular weight excluding hydrogens is 381 g/mol. The van der Waals surface area contributed by atoms with E-state index in [1.165, 1.54) is 24.3 Å². The Morgan fingerprint density at radius 2 is 1.93 bits per heavy atom. The first kappa shape index (κ1) is 20.0. The van der Waals surface area contributed by atoms with Crippen molar-refractivity contribution >= 4 is 17.4 Å². The number of rotatable bonds is 3. The predicted molar refractivity (Wildman–Crippen MR) is 113 cm³/mol. The lowest BCUT2D eigenvalue weighted by atomic mass is 9.68. The maximum atomic E-state index is 13.3. The molecular formula is C24H24FN3O2. The standard InChI is InChI=1S/C24H24FN3O2/c1-14-20(23(30)28-17-8-6-16(25)7-9-17)21(15-5-4-10-26-13-15)22-18(27-14)11-24(2,3)12-19(22)29/h4-10,13,21,27H,11-12H2,1-3H3,(H,28,30). The molecule has 2 N–H and O–H groups in total. The Balaban J connectivity index is 1.78. The second-order valence-corrected chi connectivity index (χ2v) is 8.68. The third-order valence-corrected chi connectivity index (χ3v) is 5.60. The van der Waals surface area contributed by atoms with Crippen LogP contribution in [0.4, 0.5) is 10.1 Å². The highest BCUT2D eigenvalue weighted by Gasteiger charge is 2.42. The molecule has 2 aliphatic rings. The fraction of sp³-hybridized carbons (Fsp3) is 0.292. The molecule has 154 valence electrons. The van der Waals surface area contributed by atoms with E-state index in [0.717, 1.165) is 17.7 Å². The van der Waals surface area contributed by atoms with Gasteiger partial charge in [-0.3, -0.25) is 14.6 Å². The van der Waals surface area contributed by atoms with Crippen LogP contribution in [0.15, 0.2) is 71.3 Å². The maximum Gasteiger partial charge on any atom is 0.254 e. The number of Topliss-reactive ketones (excluding diaryl/α,β-unsaturated/α-hetero) is 1. The van der Waals surface area contributed by atoms with Gasteiger partial charge in [-0.2, -0.15) is 0 Å². The van der Waals surface area contributed by atoms with Crippen LogP contribution >= 0.6 is 0 Å². The van der Waals surface area contributed by atoms with Crippen LogP contribution in [-0.2, 0) is 9.59 Å². The molecule has 0 bridgehead atoms. The van der Waals surface area contributed by atoms with Crippen molar-refractivity contribution in [2.45, 2.75) is 39.5 Å². The zero-order valence-electron chi connectivity index (χ0n) is 17.3. The van der Waals surface area contributed by atoms with E-state index in [1.54, 1.807) is 18.5 Å². The van der Waals surface area contributed by atoms with Crippen LogP contribution in [0.2, 0.25) is 0 Å². The number of amides is 1. The number of nitrogens with one attached hydrogen (secondary N) is 2. The number of benzene rings is 1. The molecule has 6 heteroatoms. The van der Waals surface area contributed by atoms with Crippen LogP contribution in [0.3, 0.4) is 0 Å². The number of hydrogen-bond donors (Lipinski definition) is 2. The molecule has 1 aromatic heterocycles. The van der Waals surface area contributed by atoms with E-state index in [0.29, 0.717) is 29.0 Å². The highest BCUT2D eigenvalue weighted by Crippen LogP contribution is 2.46. The van der Waals surface area contributed by atoms with Crippen molar-refractivity contribution in [3.63, 3.8) is 0 Å². The molecule has 1 amide bonds. The van der Waals surface area contributed by atoms with Crippen LogP contribution in [-0.4, -0.2) is 16.7 Å². The zero-order chi connectivity index (χ0) is 21.5. The minimum absolute atomic E-state index is 0.0437. The summed E-state index contributed by atoms with van der Waals surface area (Å²) < 4.78 is 13.2. The van der Waals surface area contributed by atoms with Crippen LogP contribution in [0.5, 0.6) is 0 Å². The lowest BCUT2D eigenvalue weighted by Gasteiger charge is -2.39. The highest BCUT2D eigenvalue weighted by atomic mass is 19.1. The summed E-state index contributed by atoms with van der Waals surface area (Å²) in [5.74, 6) is -1.16. The van der Waals surface area contributed by atoms with Gasteiger partial charge in [0.25, 0.3) is 5.91 Å². The summed E-state index contributed by atoms with van der Waals surface area (Å²) in [6.07, 6.45) is 4.53. The average molecular weight is 405 g/mol. The van der Waals surface area contributed by atoms with Crippen molar-refractivity contribution < 1.29 is 14.0 Å². The molecule has 4 rings (SSSR count). The zero-order valence-corrected chi connectivity index (χ0v) is 17.3. The van der Waals surface area contributed by atoms with E-state index >= 15 is 0 Å². The number of aromatic nitrogens is 1. The van der Waals surface area contributed by atoms with E-state index in [1.807, 2.05) is 13.0 Å². The summed E-state index contributed by atoms with van der Waals surface area (Å²) in [7, 11) is 0. The van der Waals surface area contributed by atoms with Crippen molar-refractivity contribution in [3.05, 3.63) is 82.7 Å². The number of nitrogens with zero attached hydrogens (tertiary/aromatic N) is 1. The van der Waals surface area contributed by atoms with Crippen molar-refractivity contribution in [1.29, 1.82) is 0 Å². The Kier molecular flexibility index (Phi) is 5.02. The largest absolute Gasteiger partial charge is 0.362 e. The van der Waals surface area contributed by atoms with Gasteiger partial charge in [0.1, 0.15) is 5.82 Å². The quantitative estimate of drug-likeness (QED) is 0.791. The molecule has 30 heavy (non-hydrogen) atoms. The third kappa shape index (κ3) is 3.77. The molecule has 0 radical (unpaired) electrons. The predicted octanol–water partition coefficient (Wildman–Crippen LogP) is 4.46. The fourth-order valence-corrected chi connectivity index (χ4v) is 4.35. The fourth-order valence-electron chi connectivity index (χ4n) is 4.35. The summed E-state index contributed by atoms with van der Waals surface area (Å²) in [6, 6.07) is 9.30. The van der Waals surface area contributed by atoms with Crippen molar-refractivity contribution in [2.24, 2.45) is 5.41 Å². The molecule has 1 aliphatic carbocycles. The SMILES string of the molecule is CC1=C(C(=O)Nc2ccc(F)cc2)C(c2cccnc2)C2=C(CC(C)(C)CC2=O)N1. The molecule has 2 heterocycles. The summed E-state index contributed by atoms with van der Waals surface area (Å²) >= 11 is 0. The highest BCUT2D eigenvalue weighted by molar-refractivity contribution is 6.09. The summed E-state index contributed by atoms with van der Waals surface area (Å²) in [5.41, 5.74) is 3.83. The minimum atomic E-state index is -0.501. The molecule has 1 aromatic carbocycles. The van der Waals surface area contributed by atoms with Gasteiger partial charge in [-0.1, -0.05) is 19.9 Å². The lowest BCUT2D eigenvalue weighted by Crippen LogP contribution is -2.39. The first-order valence-electron chi connectivity index (χ1n) is 9.96. The van der Waals surface area contributed by atoms with Crippen LogP contribution in [0.25, 0.3) is 0 Å². The van der Waals surface area contributed by atoms with Gasteiger partial charge < -0.3 is 10.6 Å². The smallest absolute Gasteiger partial charge is 0.254 e. The van der Waals surface area contributed by atoms with Gasteiger partial charge in [0.05, 0.1) is 0 Å². The van der Waals surface area contributed by atoms with Crippen LogP contribution in [0, 0.1) is 11.2 Å². The van der Waals surface area contributed by atoms with Gasteiger partial charge >= 0.3 is 0 Å². The first-order chi connectivity index (χ1) is 14.2. The molecule has 2 aromatic rings. The summed E-state index contributed by atoms with van der Waals surface area (Å²) in [5, 5.41) is 6.16. The summed E-state index contributed by atoms with van der Waals surface area (Å²) in [4.78, 5) is 30.7. The van der Waals surface area contributed by atoms with Gasteiger partial charge in [0.15, 0.2) is 5.78 Å². The van der Waals surface area contributed by atoms with E-state index in [9.17, 15) is 14.0 Å². The van der Waals surface area contributed by atoms with Crippen molar-refractivity contribution in [2.75, 3.05) is 5.32 Å². The Bertz CT molecular complexity index is 1070. The second kappa shape index (κ2) is 7.52. The average Bonchev–Trinajstić information content (AvgIpc) is 2.68. The number of allylic oxidation sites excluding steroid dienone is 3. The molecule has 1 atom stereocenters. The molecule has 1 unspecified atom stereocenters. The molecule has 0 saturated heterocycles. The molecule has 1 aliphatic heterocycles. The number of dihydropyridines is 1. The maximum absolute atomic E-state index is 13.3. The van der Waals surface area contributed by atoms with E-state index in [4.69, 9.17) is 0 Å². The van der Waals surface area contributed by atoms with Crippen LogP contribution < -0.4 is 10.6 Å². The molecule has 0 saturated carbocycles. The van der Waals surface area contributed by atoms with Crippen molar-refractivity contribution in [1.82, 2.24) is 10.3 Å². The Morgan fingerprint density at radius 3 is 2.60 bits per heavy atom. The number of pyridine rings is 1. The van der Waals surface area contributed by atoms with E-state index in [-0.39, 0.29) is 22.9 Å². The van der Waals surface area contributed by atoms with Crippen LogP contribution in [0.1, 0.15) is 45.1 Å². The number of ketones is 1. The van der Waals surface area contributed by atoms with Gasteiger partial charge in [0.2, 0.25) is 0 Å². The molecule has 5 nitrogen and oxygen atoms in total. The number of halogens is 1. The number of anilines is 1. The number of carbonyl (C=O) groups is 2. The first-order valence-corrected chi connectivity index (χ1v) is 9.96. The van der Waals surface area contributed by atoms with Gasteiger partial charge in [-0.25, -0.2) is 4.39 Å². The Morgan fingerprint density at radius 1 is 1.20 bits per heavy atom. The normalized spacial score (nSPS) is 20.5. The second-order valence-electron chi connectivity index (χ2n) is 8.68. The minimum Gasteiger partial charge on any atom is -0.362 e. The molecule has 0 fully saturated rings. The van der Waals surface area contributed by atoms with E-state index < -0.39 is 5.92 Å². The van der Waals surface area contributed by atoms with E-state index in [2.05, 4.69) is 29.5 Å². The lowest BCUT2D eigenvalue weighted by molar-refractivity contribution is -0.118. The van der Waals surface area contributed by atoms with Gasteiger partial charge in [-0.05, 0) is 54.7 Å². The number of hydrogen-bond acceptors (Lipinski definition) is 4.